The third kappa shape index (κ3) is 4.41. The fourth-order valence-corrected chi connectivity index (χ4v) is 4.85. The van der Waals surface area contributed by atoms with Gasteiger partial charge in [0.15, 0.2) is 0 Å². The lowest BCUT2D eigenvalue weighted by Gasteiger charge is -2.20. The number of aryl methyl sites for hydroxylation is 1. The number of carbonyl (C=O) groups is 1. The summed E-state index contributed by atoms with van der Waals surface area (Å²) in [6.07, 6.45) is 2.62. The number of aromatic nitrogens is 1. The van der Waals surface area contributed by atoms with Crippen molar-refractivity contribution < 1.29 is 13.2 Å². The fraction of sp³-hybridized carbons (Fsp3) is 0.200. The van der Waals surface area contributed by atoms with E-state index in [0.717, 1.165) is 27.8 Å². The van der Waals surface area contributed by atoms with Crippen molar-refractivity contribution >= 4 is 48.9 Å². The van der Waals surface area contributed by atoms with E-state index in [-0.39, 0.29) is 17.3 Å². The number of hydrogen-bond acceptors (Lipinski definition) is 5. The summed E-state index contributed by atoms with van der Waals surface area (Å²) in [5.74, 6) is -0.326. The number of nitrogens with one attached hydrogen (secondary N) is 1. The molecule has 152 valence electrons. The number of anilines is 2. The Morgan fingerprint density at radius 1 is 1.24 bits per heavy atom. The third-order valence-corrected chi connectivity index (χ3v) is 6.46. The number of thiazole rings is 1. The van der Waals surface area contributed by atoms with Gasteiger partial charge in [0, 0.05) is 17.8 Å². The molecule has 0 atom stereocenters. The largest absolute Gasteiger partial charge is 0.322 e. The Morgan fingerprint density at radius 2 is 1.93 bits per heavy atom. The molecular formula is C20H21N3O4S2. The van der Waals surface area contributed by atoms with Gasteiger partial charge in [-0.25, -0.2) is 8.42 Å². The highest BCUT2D eigenvalue weighted by molar-refractivity contribution is 7.92. The van der Waals surface area contributed by atoms with Crippen LogP contribution in [0.15, 0.2) is 59.9 Å². The topological polar surface area (TPSA) is 88.5 Å². The zero-order valence-corrected chi connectivity index (χ0v) is 17.7. The van der Waals surface area contributed by atoms with Crippen LogP contribution in [-0.2, 0) is 16.6 Å². The van der Waals surface area contributed by atoms with Crippen LogP contribution in [0.3, 0.4) is 0 Å². The summed E-state index contributed by atoms with van der Waals surface area (Å²) in [6.45, 7) is 6.22. The molecule has 0 bridgehead atoms. The summed E-state index contributed by atoms with van der Waals surface area (Å²) in [4.78, 5) is 24.5. The van der Waals surface area contributed by atoms with E-state index in [1.54, 1.807) is 41.0 Å². The quantitative estimate of drug-likeness (QED) is 0.582. The average molecular weight is 432 g/mol. The molecule has 0 saturated heterocycles. The maximum Gasteiger partial charge on any atom is 0.308 e. The molecule has 2 aromatic carbocycles. The van der Waals surface area contributed by atoms with Crippen LogP contribution in [0.25, 0.3) is 10.2 Å². The molecule has 1 N–H and O–H groups in total. The summed E-state index contributed by atoms with van der Waals surface area (Å²) < 4.78 is 27.5. The van der Waals surface area contributed by atoms with Crippen molar-refractivity contribution in [3.8, 4) is 0 Å². The highest BCUT2D eigenvalue weighted by atomic mass is 32.2. The second kappa shape index (κ2) is 8.22. The Balaban J connectivity index is 1.81. The molecule has 0 saturated carbocycles. The number of rotatable bonds is 7. The zero-order valence-electron chi connectivity index (χ0n) is 16.1. The first kappa shape index (κ1) is 20.8. The van der Waals surface area contributed by atoms with Gasteiger partial charge in [-0.2, -0.15) is 0 Å². The minimum Gasteiger partial charge on any atom is -0.322 e. The lowest BCUT2D eigenvalue weighted by Crippen LogP contribution is -2.29. The zero-order chi connectivity index (χ0) is 21.2. The van der Waals surface area contributed by atoms with Gasteiger partial charge in [-0.15, -0.1) is 6.58 Å². The van der Waals surface area contributed by atoms with E-state index in [1.165, 1.54) is 10.4 Å². The Labute approximate surface area is 172 Å². The summed E-state index contributed by atoms with van der Waals surface area (Å²) in [5, 5.41) is 2.81. The van der Waals surface area contributed by atoms with Crippen LogP contribution in [0.5, 0.6) is 0 Å². The molecule has 7 nitrogen and oxygen atoms in total. The van der Waals surface area contributed by atoms with Crippen LogP contribution in [0, 0.1) is 0 Å². The van der Waals surface area contributed by atoms with Crippen LogP contribution in [-0.4, -0.2) is 31.7 Å². The number of carbonyl (C=O) groups excluding carboxylic acids is 1. The number of amides is 1. The van der Waals surface area contributed by atoms with Gasteiger partial charge in [-0.05, 0) is 49.4 Å². The molecule has 1 heterocycles. The summed E-state index contributed by atoms with van der Waals surface area (Å²) in [5.41, 5.74) is 2.27. The fourth-order valence-electron chi connectivity index (χ4n) is 2.98. The minimum absolute atomic E-state index is 0.0310. The number of hydrogen-bond donors (Lipinski definition) is 1. The normalized spacial score (nSPS) is 11.4. The van der Waals surface area contributed by atoms with E-state index in [9.17, 15) is 18.0 Å². The first-order chi connectivity index (χ1) is 13.7. The van der Waals surface area contributed by atoms with Gasteiger partial charge in [0.05, 0.1) is 28.7 Å². The van der Waals surface area contributed by atoms with Crippen molar-refractivity contribution in [3.63, 3.8) is 0 Å². The second-order valence-corrected chi connectivity index (χ2v) is 9.28. The maximum absolute atomic E-state index is 12.6. The van der Waals surface area contributed by atoms with Crippen molar-refractivity contribution in [2.75, 3.05) is 22.4 Å². The van der Waals surface area contributed by atoms with Crippen LogP contribution < -0.4 is 14.5 Å². The molecule has 29 heavy (non-hydrogen) atoms. The SMILES string of the molecule is C=CCN(c1ccc(C(=O)Nc2ccc3c(c2)sc(=O)n3CC)cc1)S(C)(=O)=O. The summed E-state index contributed by atoms with van der Waals surface area (Å²) >= 11 is 1.14. The van der Waals surface area contributed by atoms with E-state index in [0.29, 0.717) is 23.5 Å². The first-order valence-electron chi connectivity index (χ1n) is 8.88. The Morgan fingerprint density at radius 3 is 2.52 bits per heavy atom. The second-order valence-electron chi connectivity index (χ2n) is 6.38. The van der Waals surface area contributed by atoms with Gasteiger partial charge in [-0.3, -0.25) is 18.5 Å². The van der Waals surface area contributed by atoms with Crippen molar-refractivity contribution in [1.29, 1.82) is 0 Å². The van der Waals surface area contributed by atoms with Crippen LogP contribution >= 0.6 is 11.3 Å². The molecule has 0 radical (unpaired) electrons. The molecule has 0 aliphatic heterocycles. The van der Waals surface area contributed by atoms with E-state index in [1.807, 2.05) is 13.0 Å². The Hall–Kier alpha value is -2.91. The Kier molecular flexibility index (Phi) is 5.90. The highest BCUT2D eigenvalue weighted by Crippen LogP contribution is 2.23. The lowest BCUT2D eigenvalue weighted by molar-refractivity contribution is 0.102. The monoisotopic (exact) mass is 431 g/mol. The molecule has 1 aromatic heterocycles. The highest BCUT2D eigenvalue weighted by Gasteiger charge is 2.16. The van der Waals surface area contributed by atoms with Crippen molar-refractivity contribution in [3.05, 3.63) is 70.4 Å². The van der Waals surface area contributed by atoms with Gasteiger partial charge in [0.25, 0.3) is 5.91 Å². The Bertz CT molecular complexity index is 1220. The lowest BCUT2D eigenvalue weighted by atomic mass is 10.2. The molecule has 0 spiro atoms. The van der Waals surface area contributed by atoms with Gasteiger partial charge >= 0.3 is 4.87 Å². The van der Waals surface area contributed by atoms with E-state index in [2.05, 4.69) is 11.9 Å². The molecule has 0 aliphatic carbocycles. The minimum atomic E-state index is -3.45. The van der Waals surface area contributed by atoms with E-state index in [4.69, 9.17) is 0 Å². The van der Waals surface area contributed by atoms with Crippen molar-refractivity contribution in [1.82, 2.24) is 4.57 Å². The van der Waals surface area contributed by atoms with Gasteiger partial charge in [0.2, 0.25) is 10.0 Å². The van der Waals surface area contributed by atoms with Gasteiger partial charge in [0.1, 0.15) is 0 Å². The third-order valence-electron chi connectivity index (χ3n) is 4.36. The molecular weight excluding hydrogens is 410 g/mol. The molecule has 3 aromatic rings. The predicted octanol–water partition coefficient (Wildman–Crippen LogP) is 3.29. The maximum atomic E-state index is 12.6. The standard InChI is InChI=1S/C20H21N3O4S2/c1-4-12-23(29(3,26)27)16-9-6-14(7-10-16)19(24)21-15-8-11-17-18(13-15)28-20(25)22(17)5-2/h4,6-11,13H,1,5,12H2,2-3H3,(H,21,24). The number of benzene rings is 2. The number of fused-ring (bicyclic) bond motifs is 1. The molecule has 0 aliphatic rings. The van der Waals surface area contributed by atoms with Crippen LogP contribution in [0.1, 0.15) is 17.3 Å². The molecule has 0 fully saturated rings. The number of nitrogens with zero attached hydrogens (tertiary/aromatic N) is 2. The van der Waals surface area contributed by atoms with Crippen molar-refractivity contribution in [2.24, 2.45) is 0 Å². The summed E-state index contributed by atoms with van der Waals surface area (Å²) in [6, 6.07) is 11.6. The molecule has 1 amide bonds. The molecule has 3 rings (SSSR count). The smallest absolute Gasteiger partial charge is 0.308 e. The van der Waals surface area contributed by atoms with E-state index >= 15 is 0 Å². The summed E-state index contributed by atoms with van der Waals surface area (Å²) in [7, 11) is -3.45. The molecule has 0 unspecified atom stereocenters. The average Bonchev–Trinajstić information content (AvgIpc) is 2.99. The van der Waals surface area contributed by atoms with Crippen LogP contribution in [0.2, 0.25) is 0 Å². The predicted molar refractivity (Wildman–Crippen MR) is 119 cm³/mol. The first-order valence-corrected chi connectivity index (χ1v) is 11.5. The number of sulfonamides is 1. The molecule has 9 heteroatoms. The van der Waals surface area contributed by atoms with Crippen molar-refractivity contribution in [2.45, 2.75) is 13.5 Å². The van der Waals surface area contributed by atoms with Gasteiger partial charge < -0.3 is 5.32 Å². The van der Waals surface area contributed by atoms with Crippen LogP contribution in [0.4, 0.5) is 11.4 Å². The van der Waals surface area contributed by atoms with E-state index < -0.39 is 10.0 Å². The van der Waals surface area contributed by atoms with Gasteiger partial charge in [-0.1, -0.05) is 17.4 Å².